The first-order valence-corrected chi connectivity index (χ1v) is 23.2. The fourth-order valence-electron chi connectivity index (χ4n) is 5.65. The highest BCUT2D eigenvalue weighted by atomic mass is 127. The van der Waals surface area contributed by atoms with Crippen LogP contribution in [0.25, 0.3) is 33.7 Å². The summed E-state index contributed by atoms with van der Waals surface area (Å²) in [6, 6.07) is 28.7. The number of esters is 3. The Morgan fingerprint density at radius 1 is 0.689 bits per heavy atom. The lowest BCUT2D eigenvalue weighted by Crippen LogP contribution is -2.12. The van der Waals surface area contributed by atoms with Gasteiger partial charge in [-0.05, 0) is 111 Å². The fourth-order valence-corrected chi connectivity index (χ4v) is 6.52. The summed E-state index contributed by atoms with van der Waals surface area (Å²) in [6.07, 6.45) is 0.341. The average molecular weight is 1080 g/mol. The van der Waals surface area contributed by atoms with Gasteiger partial charge >= 0.3 is 17.9 Å². The molecule has 324 valence electrons. The summed E-state index contributed by atoms with van der Waals surface area (Å²) in [5.41, 5.74) is 5.27. The molecule has 0 saturated carbocycles. The Balaban J connectivity index is 0.000000282. The second kappa shape index (κ2) is 26.4. The lowest BCUT2D eigenvalue weighted by Gasteiger charge is -2.14. The smallest absolute Gasteiger partial charge is 0.313 e. The van der Waals surface area contributed by atoms with Crippen LogP contribution in [0.5, 0.6) is 5.75 Å². The van der Waals surface area contributed by atoms with Crippen molar-refractivity contribution in [3.63, 3.8) is 0 Å². The van der Waals surface area contributed by atoms with Crippen molar-refractivity contribution < 1.29 is 33.3 Å². The second-order valence-corrected chi connectivity index (χ2v) is 14.6. The van der Waals surface area contributed by atoms with Crippen LogP contribution in [0.2, 0.25) is 0 Å². The van der Waals surface area contributed by atoms with E-state index in [4.69, 9.17) is 18.9 Å². The van der Waals surface area contributed by atoms with E-state index in [0.717, 1.165) is 36.8 Å². The molecular weight excluding hydrogens is 1030 g/mol. The molecule has 0 saturated heterocycles. The molecule has 0 aliphatic rings. The zero-order valence-corrected chi connectivity index (χ0v) is 40.4. The first-order chi connectivity index (χ1) is 29.4. The van der Waals surface area contributed by atoms with Gasteiger partial charge < -0.3 is 23.9 Å². The first-order valence-electron chi connectivity index (χ1n) is 19.4. The Labute approximate surface area is 386 Å². The largest absolute Gasteiger partial charge is 0.493 e. The Bertz CT molecular complexity index is 2410. The highest BCUT2D eigenvalue weighted by Crippen LogP contribution is 2.34. The van der Waals surface area contributed by atoms with E-state index in [1.165, 1.54) is 0 Å². The molecule has 0 spiro atoms. The number of ether oxygens (including phenoxy) is 4. The number of rotatable bonds is 13. The van der Waals surface area contributed by atoms with E-state index in [2.05, 4.69) is 79.8 Å². The van der Waals surface area contributed by atoms with Crippen molar-refractivity contribution in [2.75, 3.05) is 31.4 Å². The van der Waals surface area contributed by atoms with Crippen molar-refractivity contribution >= 4 is 83.5 Å². The number of fused-ring (bicyclic) bond motifs is 1. The molecule has 0 aliphatic heterocycles. The summed E-state index contributed by atoms with van der Waals surface area (Å²) in [5.74, 6) is -0.271. The maximum Gasteiger partial charge on any atom is 0.313 e. The summed E-state index contributed by atoms with van der Waals surface area (Å²) in [7, 11) is 0. The monoisotopic (exact) mass is 1070 g/mol. The fraction of sp³-hybridized carbons (Fsp3) is 0.311. The molecule has 6 rings (SSSR count). The van der Waals surface area contributed by atoms with Crippen LogP contribution in [-0.2, 0) is 35.0 Å². The summed E-state index contributed by atoms with van der Waals surface area (Å²) in [5, 5.41) is 10.1. The maximum absolute atomic E-state index is 12.3. The van der Waals surface area contributed by atoms with Crippen LogP contribution in [0.4, 0.5) is 0 Å². The van der Waals surface area contributed by atoms with Gasteiger partial charge in [-0.2, -0.15) is 5.21 Å². The van der Waals surface area contributed by atoms with Gasteiger partial charge in [-0.3, -0.25) is 19.2 Å². The summed E-state index contributed by atoms with van der Waals surface area (Å²) in [4.78, 5) is 56.0. The van der Waals surface area contributed by atoms with E-state index < -0.39 is 0 Å². The number of H-pyrrole nitrogens is 2. The molecule has 6 aromatic rings. The van der Waals surface area contributed by atoms with E-state index in [1.54, 1.807) is 13.8 Å². The third-order valence-corrected chi connectivity index (χ3v) is 9.61. The number of aromatic amines is 2. The summed E-state index contributed by atoms with van der Waals surface area (Å²) >= 11 is 8.86. The van der Waals surface area contributed by atoms with Crippen molar-refractivity contribution in [2.45, 2.75) is 59.8 Å². The van der Waals surface area contributed by atoms with Gasteiger partial charge in [-0.1, -0.05) is 109 Å². The number of halogens is 3. The average Bonchev–Trinajstić information content (AvgIpc) is 3.74. The molecule has 0 fully saturated rings. The third kappa shape index (κ3) is 15.5. The van der Waals surface area contributed by atoms with E-state index >= 15 is 0 Å². The standard InChI is InChI=1S/C23H23N5O4.C11H13BrO2.C10H11BrO2.CH3I/c1-4-31-18-12-16(15-8-6-7-14(11-15)13(3)23(30)32-5-2)9-10-17(18)20-24-21-19(22(29)25-20)26-28-27-21;1-3-14-11(13)8(2)9-5-4-6-10(12)7-9;1-2-13-10(12)7-8-4-3-5-9(11)6-8;1-2/h6-13H,4-5H2,1-3H3,(H2,24,25,26,27,28,29);4-8H,3H2,1-2H3;3-6H,2,7H2,1H3;1H3. The molecule has 16 heteroatoms. The minimum absolute atomic E-state index is 0.149. The first kappa shape index (κ1) is 50.4. The van der Waals surface area contributed by atoms with Crippen molar-refractivity contribution in [3.05, 3.63) is 127 Å². The lowest BCUT2D eigenvalue weighted by molar-refractivity contribution is -0.145. The van der Waals surface area contributed by atoms with E-state index in [9.17, 15) is 19.2 Å². The molecule has 2 unspecified atom stereocenters. The minimum atomic E-state index is -0.383. The van der Waals surface area contributed by atoms with Crippen LogP contribution in [0, 0.1) is 0 Å². The van der Waals surface area contributed by atoms with Gasteiger partial charge in [0.15, 0.2) is 5.52 Å². The zero-order valence-electron chi connectivity index (χ0n) is 35.1. The Morgan fingerprint density at radius 2 is 1.26 bits per heavy atom. The number of hydrogen-bond donors (Lipinski definition) is 2. The van der Waals surface area contributed by atoms with Crippen LogP contribution in [0.3, 0.4) is 0 Å². The zero-order chi connectivity index (χ0) is 44.9. The van der Waals surface area contributed by atoms with Gasteiger partial charge in [-0.25, -0.2) is 4.98 Å². The molecule has 4 aromatic carbocycles. The van der Waals surface area contributed by atoms with Gasteiger partial charge in [0, 0.05) is 8.95 Å². The summed E-state index contributed by atoms with van der Waals surface area (Å²) < 4.78 is 22.7. The lowest BCUT2D eigenvalue weighted by atomic mass is 9.95. The van der Waals surface area contributed by atoms with Gasteiger partial charge in [-0.15, -0.1) is 10.2 Å². The quantitative estimate of drug-likeness (QED) is 0.0487. The van der Waals surface area contributed by atoms with Crippen molar-refractivity contribution in [1.82, 2.24) is 25.4 Å². The number of carbonyl (C=O) groups is 3. The molecule has 0 radical (unpaired) electrons. The minimum Gasteiger partial charge on any atom is -0.493 e. The molecule has 0 bridgehead atoms. The Kier molecular flexibility index (Phi) is 21.8. The highest BCUT2D eigenvalue weighted by molar-refractivity contribution is 14.1. The Morgan fingerprint density at radius 3 is 1.85 bits per heavy atom. The number of benzene rings is 4. The Hall–Kier alpha value is -4.94. The molecule has 2 heterocycles. The molecule has 61 heavy (non-hydrogen) atoms. The maximum atomic E-state index is 12.3. The van der Waals surface area contributed by atoms with Gasteiger partial charge in [0.1, 0.15) is 11.6 Å². The van der Waals surface area contributed by atoms with E-state index in [-0.39, 0.29) is 46.5 Å². The molecule has 13 nitrogen and oxygen atoms in total. The molecule has 2 N–H and O–H groups in total. The predicted octanol–water partition coefficient (Wildman–Crippen LogP) is 10.2. The van der Waals surface area contributed by atoms with Crippen molar-refractivity contribution in [3.8, 4) is 28.3 Å². The van der Waals surface area contributed by atoms with E-state index in [1.807, 2.05) is 124 Å². The van der Waals surface area contributed by atoms with Crippen LogP contribution in [0.1, 0.15) is 70.1 Å². The third-order valence-electron chi connectivity index (χ3n) is 8.62. The van der Waals surface area contributed by atoms with Crippen LogP contribution in [-0.4, -0.2) is 74.6 Å². The normalized spacial score (nSPS) is 11.2. The number of hydrogen-bond acceptors (Lipinski definition) is 11. The molecule has 2 atom stereocenters. The topological polar surface area (TPSA) is 175 Å². The highest BCUT2D eigenvalue weighted by Gasteiger charge is 2.19. The van der Waals surface area contributed by atoms with Crippen molar-refractivity contribution in [1.29, 1.82) is 0 Å². The van der Waals surface area contributed by atoms with Crippen LogP contribution >= 0.6 is 54.5 Å². The predicted molar refractivity (Wildman–Crippen MR) is 253 cm³/mol. The van der Waals surface area contributed by atoms with Gasteiger partial charge in [0.05, 0.1) is 50.2 Å². The second-order valence-electron chi connectivity index (χ2n) is 12.8. The SMILES string of the molecule is CCOC(=O)C(C)c1cccc(-c2ccc(-c3nc4n[nH]nc4c(=O)[nH]3)c(OCC)c2)c1.CCOC(=O)C(C)c1cccc(Br)c1.CCOC(=O)Cc1cccc(Br)c1.CI. The molecule has 0 amide bonds. The summed E-state index contributed by atoms with van der Waals surface area (Å²) in [6.45, 7) is 12.6. The van der Waals surface area contributed by atoms with Crippen molar-refractivity contribution in [2.24, 2.45) is 0 Å². The number of aromatic nitrogens is 5. The van der Waals surface area contributed by atoms with Crippen LogP contribution < -0.4 is 10.3 Å². The molecule has 0 aliphatic carbocycles. The van der Waals surface area contributed by atoms with E-state index in [0.29, 0.717) is 50.0 Å². The number of nitrogens with one attached hydrogen (secondary N) is 2. The number of alkyl halides is 1. The van der Waals surface area contributed by atoms with Gasteiger partial charge in [0.2, 0.25) is 5.65 Å². The van der Waals surface area contributed by atoms with Gasteiger partial charge in [0.25, 0.3) is 5.56 Å². The van der Waals surface area contributed by atoms with Crippen LogP contribution in [0.15, 0.2) is 105 Å². The number of carbonyl (C=O) groups excluding carboxylic acids is 3. The number of nitrogens with zero attached hydrogens (tertiary/aromatic N) is 3. The molecular formula is C45H50Br2IN5O8. The molecule has 2 aromatic heterocycles.